The molecule has 1 saturated heterocycles. The highest BCUT2D eigenvalue weighted by molar-refractivity contribution is 5.91. The summed E-state index contributed by atoms with van der Waals surface area (Å²) in [6, 6.07) is 0.351. The van der Waals surface area contributed by atoms with Crippen LogP contribution in [0.2, 0.25) is 0 Å². The highest BCUT2D eigenvalue weighted by Gasteiger charge is 2.41. The molecular weight excluding hydrogens is 242 g/mol. The molecule has 2 fully saturated rings. The first-order valence-corrected chi connectivity index (χ1v) is 7.13. The Hall–Kier alpha value is -1.43. The number of hydrogen-bond donors (Lipinski definition) is 2. The van der Waals surface area contributed by atoms with Gasteiger partial charge in [0.15, 0.2) is 5.69 Å². The van der Waals surface area contributed by atoms with Crippen LogP contribution in [0.4, 0.5) is 0 Å². The summed E-state index contributed by atoms with van der Waals surface area (Å²) in [6.45, 7) is 4.78. The van der Waals surface area contributed by atoms with Crippen LogP contribution >= 0.6 is 0 Å². The highest BCUT2D eigenvalue weighted by Crippen LogP contribution is 2.48. The van der Waals surface area contributed by atoms with E-state index in [-0.39, 0.29) is 5.91 Å². The van der Waals surface area contributed by atoms with Gasteiger partial charge in [-0.2, -0.15) is 0 Å². The first kappa shape index (κ1) is 12.6. The van der Waals surface area contributed by atoms with Gasteiger partial charge in [-0.25, -0.2) is 4.68 Å². The molecule has 6 heteroatoms. The number of hydrogen-bond acceptors (Lipinski definition) is 4. The molecule has 1 aliphatic heterocycles. The van der Waals surface area contributed by atoms with Crippen molar-refractivity contribution in [2.45, 2.75) is 38.6 Å². The van der Waals surface area contributed by atoms with Crippen LogP contribution in [0.3, 0.4) is 0 Å². The van der Waals surface area contributed by atoms with Gasteiger partial charge in [0.05, 0.1) is 12.2 Å². The molecule has 0 aromatic carbocycles. The van der Waals surface area contributed by atoms with E-state index in [0.29, 0.717) is 17.2 Å². The zero-order valence-electron chi connectivity index (χ0n) is 11.4. The Bertz CT molecular complexity index is 461. The molecule has 1 aliphatic carbocycles. The fourth-order valence-electron chi connectivity index (χ4n) is 2.60. The fourth-order valence-corrected chi connectivity index (χ4v) is 2.60. The molecule has 0 atom stereocenters. The number of rotatable bonds is 6. The van der Waals surface area contributed by atoms with Crippen LogP contribution in [-0.2, 0) is 0 Å². The van der Waals surface area contributed by atoms with Gasteiger partial charge in [0.25, 0.3) is 5.91 Å². The lowest BCUT2D eigenvalue weighted by Gasteiger charge is -2.26. The Morgan fingerprint density at radius 2 is 2.37 bits per heavy atom. The van der Waals surface area contributed by atoms with Crippen molar-refractivity contribution in [3.05, 3.63) is 11.9 Å². The van der Waals surface area contributed by atoms with Crippen molar-refractivity contribution in [1.29, 1.82) is 0 Å². The Balaban J connectivity index is 1.53. The van der Waals surface area contributed by atoms with Gasteiger partial charge in [0, 0.05) is 19.6 Å². The van der Waals surface area contributed by atoms with E-state index in [0.717, 1.165) is 19.6 Å². The molecule has 19 heavy (non-hydrogen) atoms. The Morgan fingerprint density at radius 1 is 1.58 bits per heavy atom. The highest BCUT2D eigenvalue weighted by atomic mass is 16.2. The van der Waals surface area contributed by atoms with E-state index in [1.165, 1.54) is 25.7 Å². The summed E-state index contributed by atoms with van der Waals surface area (Å²) in [5, 5.41) is 14.2. The summed E-state index contributed by atoms with van der Waals surface area (Å²) in [5.74, 6) is -0.0964. The van der Waals surface area contributed by atoms with Crippen molar-refractivity contribution in [2.24, 2.45) is 5.41 Å². The van der Waals surface area contributed by atoms with Gasteiger partial charge in [0.2, 0.25) is 0 Å². The molecule has 104 valence electrons. The zero-order chi connectivity index (χ0) is 13.3. The SMILES string of the molecule is CCCC1(CNC(=O)c2cn(C3CNC3)nn2)CC1. The number of aromatic nitrogens is 3. The quantitative estimate of drug-likeness (QED) is 0.794. The van der Waals surface area contributed by atoms with E-state index in [2.05, 4.69) is 27.9 Å². The van der Waals surface area contributed by atoms with Crippen molar-refractivity contribution in [3.8, 4) is 0 Å². The average molecular weight is 263 g/mol. The molecule has 0 spiro atoms. The van der Waals surface area contributed by atoms with Crippen LogP contribution in [0.5, 0.6) is 0 Å². The van der Waals surface area contributed by atoms with Crippen molar-refractivity contribution in [2.75, 3.05) is 19.6 Å². The predicted octanol–water partition coefficient (Wildman–Crippen LogP) is 0.732. The average Bonchev–Trinajstić information content (AvgIpc) is 2.93. The van der Waals surface area contributed by atoms with Gasteiger partial charge < -0.3 is 10.6 Å². The van der Waals surface area contributed by atoms with E-state index < -0.39 is 0 Å². The second kappa shape index (κ2) is 4.92. The lowest BCUT2D eigenvalue weighted by molar-refractivity contribution is 0.0938. The maximum atomic E-state index is 12.0. The number of carbonyl (C=O) groups excluding carboxylic acids is 1. The number of nitrogens with zero attached hydrogens (tertiary/aromatic N) is 3. The maximum Gasteiger partial charge on any atom is 0.273 e. The first-order chi connectivity index (χ1) is 9.22. The molecule has 1 saturated carbocycles. The molecule has 0 radical (unpaired) electrons. The van der Waals surface area contributed by atoms with Gasteiger partial charge in [-0.05, 0) is 24.7 Å². The lowest BCUT2D eigenvalue weighted by atomic mass is 10.0. The predicted molar refractivity (Wildman–Crippen MR) is 70.8 cm³/mol. The summed E-state index contributed by atoms with van der Waals surface area (Å²) in [6.07, 6.45) is 6.61. The molecule has 1 amide bonds. The van der Waals surface area contributed by atoms with E-state index in [1.54, 1.807) is 10.9 Å². The van der Waals surface area contributed by atoms with E-state index in [4.69, 9.17) is 0 Å². The van der Waals surface area contributed by atoms with Gasteiger partial charge in [-0.3, -0.25) is 4.79 Å². The molecule has 0 bridgehead atoms. The van der Waals surface area contributed by atoms with Gasteiger partial charge in [-0.15, -0.1) is 5.10 Å². The Labute approximate surface area is 112 Å². The number of amides is 1. The second-order valence-corrected chi connectivity index (χ2v) is 5.83. The molecule has 2 aliphatic rings. The minimum absolute atomic E-state index is 0.0964. The molecule has 1 aromatic heterocycles. The third-order valence-corrected chi connectivity index (χ3v) is 4.24. The third kappa shape index (κ3) is 2.63. The molecule has 3 rings (SSSR count). The zero-order valence-corrected chi connectivity index (χ0v) is 11.4. The Kier molecular flexibility index (Phi) is 3.26. The van der Waals surface area contributed by atoms with Crippen molar-refractivity contribution in [1.82, 2.24) is 25.6 Å². The summed E-state index contributed by atoms with van der Waals surface area (Å²) in [4.78, 5) is 12.0. The summed E-state index contributed by atoms with van der Waals surface area (Å²) in [7, 11) is 0. The smallest absolute Gasteiger partial charge is 0.273 e. The van der Waals surface area contributed by atoms with Crippen LogP contribution in [0.15, 0.2) is 6.20 Å². The molecule has 1 aromatic rings. The van der Waals surface area contributed by atoms with Crippen LogP contribution in [0, 0.1) is 5.41 Å². The number of carbonyl (C=O) groups is 1. The van der Waals surface area contributed by atoms with Crippen molar-refractivity contribution >= 4 is 5.91 Å². The van der Waals surface area contributed by atoms with Crippen LogP contribution < -0.4 is 10.6 Å². The molecular formula is C13H21N5O. The van der Waals surface area contributed by atoms with E-state index in [1.807, 2.05) is 0 Å². The number of nitrogens with one attached hydrogen (secondary N) is 2. The van der Waals surface area contributed by atoms with Crippen LogP contribution in [0.25, 0.3) is 0 Å². The fraction of sp³-hybridized carbons (Fsp3) is 0.769. The summed E-state index contributed by atoms with van der Waals surface area (Å²) < 4.78 is 1.78. The maximum absolute atomic E-state index is 12.0. The molecule has 2 N–H and O–H groups in total. The monoisotopic (exact) mass is 263 g/mol. The van der Waals surface area contributed by atoms with Crippen LogP contribution in [0.1, 0.15) is 49.1 Å². The minimum Gasteiger partial charge on any atom is -0.350 e. The summed E-state index contributed by atoms with van der Waals surface area (Å²) in [5.41, 5.74) is 0.803. The largest absolute Gasteiger partial charge is 0.350 e. The van der Waals surface area contributed by atoms with Gasteiger partial charge in [0.1, 0.15) is 0 Å². The van der Waals surface area contributed by atoms with Gasteiger partial charge >= 0.3 is 0 Å². The summed E-state index contributed by atoms with van der Waals surface area (Å²) >= 11 is 0. The molecule has 6 nitrogen and oxygen atoms in total. The van der Waals surface area contributed by atoms with Crippen molar-refractivity contribution in [3.63, 3.8) is 0 Å². The third-order valence-electron chi connectivity index (χ3n) is 4.24. The topological polar surface area (TPSA) is 71.8 Å². The first-order valence-electron chi connectivity index (χ1n) is 7.13. The lowest BCUT2D eigenvalue weighted by Crippen LogP contribution is -2.43. The van der Waals surface area contributed by atoms with E-state index in [9.17, 15) is 4.79 Å². The minimum atomic E-state index is -0.0964. The molecule has 2 heterocycles. The molecule has 0 unspecified atom stereocenters. The van der Waals surface area contributed by atoms with E-state index >= 15 is 0 Å². The normalized spacial score (nSPS) is 20.9. The van der Waals surface area contributed by atoms with Gasteiger partial charge in [-0.1, -0.05) is 18.6 Å². The van der Waals surface area contributed by atoms with Crippen LogP contribution in [-0.4, -0.2) is 40.5 Å². The standard InChI is InChI=1S/C13H21N5O/c1-2-3-13(4-5-13)9-15-12(19)11-8-18(17-16-11)10-6-14-7-10/h8,10,14H,2-7,9H2,1H3,(H,15,19). The van der Waals surface area contributed by atoms with Crippen molar-refractivity contribution < 1.29 is 4.79 Å². The second-order valence-electron chi connectivity index (χ2n) is 5.83. The Morgan fingerprint density at radius 3 is 2.95 bits per heavy atom.